The molecular formula is C21H24F3N5O2. The van der Waals surface area contributed by atoms with Crippen LogP contribution in [0.3, 0.4) is 0 Å². The Bertz CT molecular complexity index is 1060. The molecule has 1 aliphatic heterocycles. The fraction of sp³-hybridized carbons (Fsp3) is 0.524. The number of alkyl halides is 3. The van der Waals surface area contributed by atoms with E-state index in [-0.39, 0.29) is 34.5 Å². The molecule has 0 aromatic carbocycles. The van der Waals surface area contributed by atoms with Gasteiger partial charge in [-0.15, -0.1) is 0 Å². The number of nitrogens with zero attached hydrogens (tertiary/aromatic N) is 5. The number of carbonyl (C=O) groups is 1. The SMILES string of the molecule is CCc1cc(C(F)(F)F)c2c([C@H]3CCCN(C(=O)[C@H](C)Cn4cccn4)C3)noc2n1. The smallest absolute Gasteiger partial charge is 0.342 e. The van der Waals surface area contributed by atoms with Crippen molar-refractivity contribution < 1.29 is 22.5 Å². The fourth-order valence-electron chi connectivity index (χ4n) is 4.19. The van der Waals surface area contributed by atoms with Crippen LogP contribution in [0.15, 0.2) is 29.0 Å². The zero-order chi connectivity index (χ0) is 22.2. The van der Waals surface area contributed by atoms with Crippen LogP contribution in [0, 0.1) is 5.92 Å². The average Bonchev–Trinajstić information content (AvgIpc) is 3.41. The quantitative estimate of drug-likeness (QED) is 0.605. The van der Waals surface area contributed by atoms with Crippen molar-refractivity contribution in [3.8, 4) is 0 Å². The Balaban J connectivity index is 1.60. The summed E-state index contributed by atoms with van der Waals surface area (Å²) in [5, 5.41) is 8.02. The van der Waals surface area contributed by atoms with Crippen molar-refractivity contribution >= 4 is 17.0 Å². The van der Waals surface area contributed by atoms with Gasteiger partial charge in [0.15, 0.2) is 0 Å². The van der Waals surface area contributed by atoms with E-state index < -0.39 is 11.7 Å². The minimum Gasteiger partial charge on any atom is -0.342 e. The van der Waals surface area contributed by atoms with E-state index in [0.29, 0.717) is 44.6 Å². The van der Waals surface area contributed by atoms with Crippen molar-refractivity contribution in [2.24, 2.45) is 5.92 Å². The Kier molecular flexibility index (Phi) is 5.72. The van der Waals surface area contributed by atoms with Crippen LogP contribution in [0.5, 0.6) is 0 Å². The van der Waals surface area contributed by atoms with Gasteiger partial charge in [-0.2, -0.15) is 18.3 Å². The molecular weight excluding hydrogens is 411 g/mol. The van der Waals surface area contributed by atoms with E-state index in [9.17, 15) is 18.0 Å². The predicted molar refractivity (Wildman–Crippen MR) is 106 cm³/mol. The van der Waals surface area contributed by atoms with Crippen molar-refractivity contribution in [2.45, 2.75) is 51.7 Å². The van der Waals surface area contributed by atoms with E-state index in [1.54, 1.807) is 35.0 Å². The van der Waals surface area contributed by atoms with Gasteiger partial charge < -0.3 is 9.42 Å². The summed E-state index contributed by atoms with van der Waals surface area (Å²) in [4.78, 5) is 18.9. The summed E-state index contributed by atoms with van der Waals surface area (Å²) in [7, 11) is 0. The second-order valence-electron chi connectivity index (χ2n) is 8.01. The molecule has 4 heterocycles. The highest BCUT2D eigenvalue weighted by Crippen LogP contribution is 2.40. The third kappa shape index (κ3) is 4.28. The normalized spacial score (nSPS) is 18.5. The first kappa shape index (κ1) is 21.3. The highest BCUT2D eigenvalue weighted by atomic mass is 19.4. The number of carbonyl (C=O) groups excluding carboxylic acids is 1. The van der Waals surface area contributed by atoms with Gasteiger partial charge in [-0.05, 0) is 31.4 Å². The highest BCUT2D eigenvalue weighted by Gasteiger charge is 2.38. The van der Waals surface area contributed by atoms with Gasteiger partial charge in [-0.1, -0.05) is 19.0 Å². The maximum Gasteiger partial charge on any atom is 0.417 e. The molecule has 166 valence electrons. The van der Waals surface area contributed by atoms with Crippen molar-refractivity contribution in [1.82, 2.24) is 24.8 Å². The molecule has 1 amide bonds. The lowest BCUT2D eigenvalue weighted by Crippen LogP contribution is -2.42. The molecule has 2 atom stereocenters. The zero-order valence-electron chi connectivity index (χ0n) is 17.4. The average molecular weight is 435 g/mol. The Hall–Kier alpha value is -2.91. The van der Waals surface area contributed by atoms with Gasteiger partial charge in [0.05, 0.1) is 29.1 Å². The number of piperidine rings is 1. The van der Waals surface area contributed by atoms with Crippen LogP contribution in [0.25, 0.3) is 11.1 Å². The van der Waals surface area contributed by atoms with Crippen molar-refractivity contribution in [3.05, 3.63) is 41.5 Å². The van der Waals surface area contributed by atoms with Gasteiger partial charge in [0.25, 0.3) is 5.71 Å². The molecule has 0 aliphatic carbocycles. The van der Waals surface area contributed by atoms with Gasteiger partial charge in [0.2, 0.25) is 5.91 Å². The lowest BCUT2D eigenvalue weighted by atomic mass is 9.91. The van der Waals surface area contributed by atoms with Crippen molar-refractivity contribution in [2.75, 3.05) is 13.1 Å². The highest BCUT2D eigenvalue weighted by molar-refractivity contribution is 5.82. The number of aryl methyl sites for hydroxylation is 1. The maximum atomic E-state index is 13.8. The lowest BCUT2D eigenvalue weighted by Gasteiger charge is -2.33. The van der Waals surface area contributed by atoms with Crippen LogP contribution in [-0.4, -0.2) is 43.8 Å². The fourth-order valence-corrected chi connectivity index (χ4v) is 4.19. The molecule has 0 bridgehead atoms. The molecule has 10 heteroatoms. The number of likely N-dealkylation sites (tertiary alicyclic amines) is 1. The number of hydrogen-bond acceptors (Lipinski definition) is 5. The number of fused-ring (bicyclic) bond motifs is 1. The van der Waals surface area contributed by atoms with Crippen LogP contribution in [0.2, 0.25) is 0 Å². The van der Waals surface area contributed by atoms with Gasteiger partial charge in [0, 0.05) is 37.1 Å². The maximum absolute atomic E-state index is 13.8. The van der Waals surface area contributed by atoms with Crippen LogP contribution < -0.4 is 0 Å². The number of halogens is 3. The summed E-state index contributed by atoms with van der Waals surface area (Å²) in [6.07, 6.45) is 0.566. The first-order valence-corrected chi connectivity index (χ1v) is 10.4. The number of hydrogen-bond donors (Lipinski definition) is 0. The molecule has 1 fully saturated rings. The van der Waals surface area contributed by atoms with Gasteiger partial charge >= 0.3 is 6.18 Å². The van der Waals surface area contributed by atoms with Crippen molar-refractivity contribution in [3.63, 3.8) is 0 Å². The number of aromatic nitrogens is 4. The summed E-state index contributed by atoms with van der Waals surface area (Å²) >= 11 is 0. The molecule has 0 saturated carbocycles. The molecule has 0 radical (unpaired) electrons. The molecule has 3 aromatic rings. The van der Waals surface area contributed by atoms with E-state index in [1.807, 2.05) is 6.92 Å². The number of rotatable bonds is 5. The van der Waals surface area contributed by atoms with Crippen LogP contribution in [0.1, 0.15) is 49.6 Å². The second-order valence-corrected chi connectivity index (χ2v) is 8.01. The van der Waals surface area contributed by atoms with Gasteiger partial charge in [-0.3, -0.25) is 9.48 Å². The third-order valence-electron chi connectivity index (χ3n) is 5.75. The van der Waals surface area contributed by atoms with Crippen LogP contribution >= 0.6 is 0 Å². The molecule has 0 N–H and O–H groups in total. The van der Waals surface area contributed by atoms with E-state index >= 15 is 0 Å². The van der Waals surface area contributed by atoms with E-state index in [1.165, 1.54) is 0 Å². The second kappa shape index (κ2) is 8.32. The summed E-state index contributed by atoms with van der Waals surface area (Å²) < 4.78 is 48.3. The molecule has 0 unspecified atom stereocenters. The largest absolute Gasteiger partial charge is 0.417 e. The first-order chi connectivity index (χ1) is 14.8. The zero-order valence-corrected chi connectivity index (χ0v) is 17.4. The molecule has 1 saturated heterocycles. The molecule has 3 aromatic heterocycles. The van der Waals surface area contributed by atoms with E-state index in [4.69, 9.17) is 4.52 Å². The summed E-state index contributed by atoms with van der Waals surface area (Å²) in [6.45, 7) is 4.88. The van der Waals surface area contributed by atoms with Crippen LogP contribution in [-0.2, 0) is 23.9 Å². The minimum atomic E-state index is -4.55. The minimum absolute atomic E-state index is 0.0459. The number of amides is 1. The Morgan fingerprint density at radius 3 is 2.87 bits per heavy atom. The molecule has 4 rings (SSSR count). The topological polar surface area (TPSA) is 77.0 Å². The molecule has 0 spiro atoms. The van der Waals surface area contributed by atoms with Crippen molar-refractivity contribution in [1.29, 1.82) is 0 Å². The van der Waals surface area contributed by atoms with Crippen LogP contribution in [0.4, 0.5) is 13.2 Å². The Morgan fingerprint density at radius 1 is 1.39 bits per heavy atom. The predicted octanol–water partition coefficient (Wildman–Crippen LogP) is 4.04. The first-order valence-electron chi connectivity index (χ1n) is 10.4. The Labute approximate surface area is 177 Å². The molecule has 7 nitrogen and oxygen atoms in total. The summed E-state index contributed by atoms with van der Waals surface area (Å²) in [6, 6.07) is 2.86. The number of pyridine rings is 1. The van der Waals surface area contributed by atoms with Gasteiger partial charge in [0.1, 0.15) is 0 Å². The summed E-state index contributed by atoms with van der Waals surface area (Å²) in [5.74, 6) is -0.686. The molecule has 31 heavy (non-hydrogen) atoms. The standard InChI is InChI=1S/C21H24F3N5O2/c1-3-15-10-16(21(22,23)24)17-18(27-31-19(17)26-15)14-6-4-8-28(12-14)20(30)13(2)11-29-9-5-7-25-29/h5,7,9-10,13-14H,3-4,6,8,11-12H2,1-2H3/t13-,14+/m1/s1. The monoisotopic (exact) mass is 435 g/mol. The van der Waals surface area contributed by atoms with E-state index in [2.05, 4.69) is 15.2 Å². The third-order valence-corrected chi connectivity index (χ3v) is 5.75. The molecule has 1 aliphatic rings. The Morgan fingerprint density at radius 2 is 2.19 bits per heavy atom. The summed E-state index contributed by atoms with van der Waals surface area (Å²) in [5.41, 5.74) is -0.344. The van der Waals surface area contributed by atoms with E-state index in [0.717, 1.165) is 6.07 Å². The van der Waals surface area contributed by atoms with Gasteiger partial charge in [-0.25, -0.2) is 4.98 Å². The lowest BCUT2D eigenvalue weighted by molar-refractivity contribution is -0.137.